The Kier molecular flexibility index (Phi) is 4.62. The molecule has 1 aliphatic heterocycles. The number of amides is 2. The van der Waals surface area contributed by atoms with Crippen molar-refractivity contribution >= 4 is 29.1 Å². The first-order chi connectivity index (χ1) is 11.0. The standard InChI is InChI=1S/C18H23ClN2O2/c1-12(2)10-20(14-7-8-14)18(23)13-9-17(22)21(11-13)16-6-4-3-5-15(16)19/h3-6,12-14H,7-11H2,1-2H3. The van der Waals surface area contributed by atoms with Gasteiger partial charge in [-0.3, -0.25) is 9.59 Å². The Hall–Kier alpha value is -1.55. The van der Waals surface area contributed by atoms with E-state index in [1.807, 2.05) is 23.1 Å². The molecule has 2 amide bonds. The molecule has 1 unspecified atom stereocenters. The van der Waals surface area contributed by atoms with Crippen LogP contribution in [0.3, 0.4) is 0 Å². The summed E-state index contributed by atoms with van der Waals surface area (Å²) >= 11 is 6.20. The maximum Gasteiger partial charge on any atom is 0.228 e. The number of benzene rings is 1. The van der Waals surface area contributed by atoms with E-state index in [1.54, 1.807) is 11.0 Å². The molecule has 2 fully saturated rings. The first kappa shape index (κ1) is 16.3. The molecule has 0 N–H and O–H groups in total. The number of carbonyl (C=O) groups is 2. The third-order valence-corrected chi connectivity index (χ3v) is 4.77. The van der Waals surface area contributed by atoms with E-state index >= 15 is 0 Å². The highest BCUT2D eigenvalue weighted by Gasteiger charge is 2.41. The van der Waals surface area contributed by atoms with E-state index in [4.69, 9.17) is 11.6 Å². The Morgan fingerprint density at radius 2 is 2.04 bits per heavy atom. The van der Waals surface area contributed by atoms with Gasteiger partial charge < -0.3 is 9.80 Å². The maximum absolute atomic E-state index is 12.9. The summed E-state index contributed by atoms with van der Waals surface area (Å²) < 4.78 is 0. The van der Waals surface area contributed by atoms with Crippen LogP contribution in [-0.2, 0) is 9.59 Å². The average molecular weight is 335 g/mol. The molecule has 2 aliphatic rings. The topological polar surface area (TPSA) is 40.6 Å². The zero-order valence-electron chi connectivity index (χ0n) is 13.7. The molecule has 124 valence electrons. The van der Waals surface area contributed by atoms with Gasteiger partial charge in [-0.15, -0.1) is 0 Å². The Morgan fingerprint density at radius 3 is 2.65 bits per heavy atom. The summed E-state index contributed by atoms with van der Waals surface area (Å²) in [6.07, 6.45) is 2.46. The van der Waals surface area contributed by atoms with Crippen LogP contribution in [-0.4, -0.2) is 35.8 Å². The van der Waals surface area contributed by atoms with Crippen molar-refractivity contribution < 1.29 is 9.59 Å². The van der Waals surface area contributed by atoms with Crippen molar-refractivity contribution in [2.24, 2.45) is 11.8 Å². The largest absolute Gasteiger partial charge is 0.339 e. The van der Waals surface area contributed by atoms with Gasteiger partial charge in [0, 0.05) is 25.6 Å². The minimum atomic E-state index is -0.252. The van der Waals surface area contributed by atoms with Gasteiger partial charge in [0.05, 0.1) is 16.6 Å². The van der Waals surface area contributed by atoms with Crippen molar-refractivity contribution in [3.8, 4) is 0 Å². The van der Waals surface area contributed by atoms with E-state index < -0.39 is 0 Å². The minimum absolute atomic E-state index is 0.0169. The monoisotopic (exact) mass is 334 g/mol. The van der Waals surface area contributed by atoms with Gasteiger partial charge in [-0.05, 0) is 30.9 Å². The lowest BCUT2D eigenvalue weighted by Gasteiger charge is -2.27. The van der Waals surface area contributed by atoms with Crippen molar-refractivity contribution in [3.63, 3.8) is 0 Å². The number of nitrogens with zero attached hydrogens (tertiary/aromatic N) is 2. The van der Waals surface area contributed by atoms with Crippen LogP contribution in [0.1, 0.15) is 33.1 Å². The highest BCUT2D eigenvalue weighted by molar-refractivity contribution is 6.33. The number of hydrogen-bond acceptors (Lipinski definition) is 2. The van der Waals surface area contributed by atoms with Crippen molar-refractivity contribution in [1.29, 1.82) is 0 Å². The molecule has 1 atom stereocenters. The van der Waals surface area contributed by atoms with Gasteiger partial charge in [0.2, 0.25) is 11.8 Å². The highest BCUT2D eigenvalue weighted by Crippen LogP contribution is 2.34. The molecule has 0 radical (unpaired) electrons. The third-order valence-electron chi connectivity index (χ3n) is 4.45. The molecule has 1 aromatic carbocycles. The Morgan fingerprint density at radius 1 is 1.35 bits per heavy atom. The molecule has 23 heavy (non-hydrogen) atoms. The summed E-state index contributed by atoms with van der Waals surface area (Å²) in [6.45, 7) is 5.46. The predicted molar refractivity (Wildman–Crippen MR) is 91.5 cm³/mol. The molecule has 1 aliphatic carbocycles. The van der Waals surface area contributed by atoms with Crippen LogP contribution in [0.5, 0.6) is 0 Å². The Labute approximate surface area is 142 Å². The number of rotatable bonds is 5. The summed E-state index contributed by atoms with van der Waals surface area (Å²) in [6, 6.07) is 7.69. The fraction of sp³-hybridized carbons (Fsp3) is 0.556. The van der Waals surface area contributed by atoms with Crippen LogP contribution in [0.2, 0.25) is 5.02 Å². The van der Waals surface area contributed by atoms with E-state index in [0.29, 0.717) is 29.2 Å². The fourth-order valence-electron chi connectivity index (χ4n) is 3.21. The lowest BCUT2D eigenvalue weighted by atomic mass is 10.1. The van der Waals surface area contributed by atoms with Crippen molar-refractivity contribution in [3.05, 3.63) is 29.3 Å². The van der Waals surface area contributed by atoms with Crippen molar-refractivity contribution in [2.45, 2.75) is 39.2 Å². The molecule has 0 spiro atoms. The second kappa shape index (κ2) is 6.52. The number of carbonyl (C=O) groups excluding carboxylic acids is 2. The number of para-hydroxylation sites is 1. The number of anilines is 1. The van der Waals surface area contributed by atoms with Crippen LogP contribution in [0.15, 0.2) is 24.3 Å². The zero-order chi connectivity index (χ0) is 16.6. The quantitative estimate of drug-likeness (QED) is 0.828. The lowest BCUT2D eigenvalue weighted by molar-refractivity contribution is -0.136. The summed E-state index contributed by atoms with van der Waals surface area (Å²) in [5.74, 6) is 0.301. The molecule has 4 nitrogen and oxygen atoms in total. The molecule has 5 heteroatoms. The molecule has 1 saturated heterocycles. The van der Waals surface area contributed by atoms with Crippen molar-refractivity contribution in [1.82, 2.24) is 4.90 Å². The Balaban J connectivity index is 1.74. The summed E-state index contributed by atoms with van der Waals surface area (Å²) in [5.41, 5.74) is 0.705. The van der Waals surface area contributed by atoms with E-state index in [9.17, 15) is 9.59 Å². The molecule has 1 saturated carbocycles. The molecular formula is C18H23ClN2O2. The van der Waals surface area contributed by atoms with E-state index in [-0.39, 0.29) is 24.2 Å². The van der Waals surface area contributed by atoms with Gasteiger partial charge in [0.1, 0.15) is 0 Å². The van der Waals surface area contributed by atoms with Gasteiger partial charge >= 0.3 is 0 Å². The molecule has 0 aromatic heterocycles. The van der Waals surface area contributed by atoms with Gasteiger partial charge in [0.15, 0.2) is 0 Å². The fourth-order valence-corrected chi connectivity index (χ4v) is 3.45. The predicted octanol–water partition coefficient (Wildman–Crippen LogP) is 3.34. The summed E-state index contributed by atoms with van der Waals surface area (Å²) in [5, 5.41) is 0.551. The second-order valence-electron chi connectivity index (χ2n) is 6.97. The van der Waals surface area contributed by atoms with E-state index in [2.05, 4.69) is 13.8 Å². The van der Waals surface area contributed by atoms with Crippen molar-refractivity contribution in [2.75, 3.05) is 18.0 Å². The third kappa shape index (κ3) is 3.52. The summed E-state index contributed by atoms with van der Waals surface area (Å²) in [7, 11) is 0. The van der Waals surface area contributed by atoms with Gasteiger partial charge in [0.25, 0.3) is 0 Å². The molecular weight excluding hydrogens is 312 g/mol. The molecule has 1 heterocycles. The van der Waals surface area contributed by atoms with E-state index in [1.165, 1.54) is 0 Å². The van der Waals surface area contributed by atoms with Gasteiger partial charge in [-0.1, -0.05) is 37.6 Å². The highest BCUT2D eigenvalue weighted by atomic mass is 35.5. The lowest BCUT2D eigenvalue weighted by Crippen LogP contribution is -2.41. The minimum Gasteiger partial charge on any atom is -0.339 e. The smallest absolute Gasteiger partial charge is 0.228 e. The normalized spacial score (nSPS) is 21.1. The van der Waals surface area contributed by atoms with Crippen LogP contribution in [0, 0.1) is 11.8 Å². The second-order valence-corrected chi connectivity index (χ2v) is 7.38. The molecule has 0 bridgehead atoms. The average Bonchev–Trinajstić information content (AvgIpc) is 3.27. The first-order valence-corrected chi connectivity index (χ1v) is 8.70. The zero-order valence-corrected chi connectivity index (χ0v) is 14.4. The SMILES string of the molecule is CC(C)CN(C(=O)C1CC(=O)N(c2ccccc2Cl)C1)C1CC1. The van der Waals surface area contributed by atoms with Crippen LogP contribution < -0.4 is 4.90 Å². The maximum atomic E-state index is 12.9. The van der Waals surface area contributed by atoms with Crippen LogP contribution in [0.25, 0.3) is 0 Å². The van der Waals surface area contributed by atoms with Gasteiger partial charge in [-0.25, -0.2) is 0 Å². The van der Waals surface area contributed by atoms with E-state index in [0.717, 1.165) is 19.4 Å². The molecule has 3 rings (SSSR count). The number of halogens is 1. The Bertz CT molecular complexity index is 613. The molecule has 1 aromatic rings. The summed E-state index contributed by atoms with van der Waals surface area (Å²) in [4.78, 5) is 28.9. The van der Waals surface area contributed by atoms with Crippen LogP contribution in [0.4, 0.5) is 5.69 Å². The van der Waals surface area contributed by atoms with Gasteiger partial charge in [-0.2, -0.15) is 0 Å². The first-order valence-electron chi connectivity index (χ1n) is 8.32. The van der Waals surface area contributed by atoms with Crippen LogP contribution >= 0.6 is 11.6 Å². The number of hydrogen-bond donors (Lipinski definition) is 0.